The molecule has 2 atom stereocenters. The minimum atomic E-state index is -0.712. The van der Waals surface area contributed by atoms with Crippen LogP contribution in [0.5, 0.6) is 0 Å². The topological polar surface area (TPSA) is 85.8 Å². The van der Waals surface area contributed by atoms with Crippen LogP contribution >= 0.6 is 0 Å². The van der Waals surface area contributed by atoms with Gasteiger partial charge in [-0.1, -0.05) is 18.2 Å². The summed E-state index contributed by atoms with van der Waals surface area (Å²) >= 11 is 0. The third kappa shape index (κ3) is 4.00. The van der Waals surface area contributed by atoms with Gasteiger partial charge in [-0.3, -0.25) is 19.5 Å². The molecule has 1 fully saturated rings. The number of benzene rings is 1. The number of aliphatic hydroxyl groups excluding tert-OH is 1. The molecule has 2 heterocycles. The molecule has 1 saturated heterocycles. The maximum Gasteiger partial charge on any atom is 0.252 e. The van der Waals surface area contributed by atoms with E-state index >= 15 is 0 Å². The summed E-state index contributed by atoms with van der Waals surface area (Å²) in [7, 11) is 3.43. The van der Waals surface area contributed by atoms with E-state index in [1.807, 2.05) is 29.2 Å². The second-order valence-electron chi connectivity index (χ2n) is 6.83. The number of aliphatic hydroxyl groups is 1. The van der Waals surface area contributed by atoms with Gasteiger partial charge in [0.1, 0.15) is 0 Å². The fraction of sp³-hybridized carbons (Fsp3) is 0.421. The first-order chi connectivity index (χ1) is 12.5. The highest BCUT2D eigenvalue weighted by molar-refractivity contribution is 6.06. The number of rotatable bonds is 4. The van der Waals surface area contributed by atoms with Crippen molar-refractivity contribution < 1.29 is 14.7 Å². The monoisotopic (exact) mass is 356 g/mol. The number of β-amino-alcohol motifs (C(OH)–C–C–N with tert-alkyl or cyclic N) is 1. The Morgan fingerprint density at radius 3 is 2.81 bits per heavy atom. The molecular weight excluding hydrogens is 332 g/mol. The van der Waals surface area contributed by atoms with Crippen molar-refractivity contribution in [3.63, 3.8) is 0 Å². The van der Waals surface area contributed by atoms with Crippen molar-refractivity contribution >= 4 is 22.7 Å². The third-order valence-corrected chi connectivity index (χ3v) is 4.73. The lowest BCUT2D eigenvalue weighted by atomic mass is 10.0. The van der Waals surface area contributed by atoms with Crippen LogP contribution < -0.4 is 5.32 Å². The van der Waals surface area contributed by atoms with Crippen molar-refractivity contribution in [2.45, 2.75) is 18.6 Å². The van der Waals surface area contributed by atoms with Crippen LogP contribution in [0.2, 0.25) is 0 Å². The first-order valence-corrected chi connectivity index (χ1v) is 8.71. The SMILES string of the molecule is CN(C)C(=O)CN1CC[C@@H](NC(=O)c2ccnc3ccccc23)[C@H](O)C1. The summed E-state index contributed by atoms with van der Waals surface area (Å²) in [5.74, 6) is -0.214. The van der Waals surface area contributed by atoms with Crippen LogP contribution in [0.25, 0.3) is 10.9 Å². The second-order valence-corrected chi connectivity index (χ2v) is 6.83. The molecule has 0 unspecified atom stereocenters. The highest BCUT2D eigenvalue weighted by Gasteiger charge is 2.30. The maximum absolute atomic E-state index is 12.7. The van der Waals surface area contributed by atoms with Crippen LogP contribution in [-0.2, 0) is 4.79 Å². The van der Waals surface area contributed by atoms with Gasteiger partial charge in [0, 0.05) is 38.8 Å². The molecule has 0 radical (unpaired) electrons. The van der Waals surface area contributed by atoms with Crippen molar-refractivity contribution in [1.82, 2.24) is 20.1 Å². The summed E-state index contributed by atoms with van der Waals surface area (Å²) in [4.78, 5) is 32.2. The quantitative estimate of drug-likeness (QED) is 0.833. The van der Waals surface area contributed by atoms with Crippen molar-refractivity contribution in [3.8, 4) is 0 Å². The van der Waals surface area contributed by atoms with E-state index in [0.717, 1.165) is 10.9 Å². The molecule has 1 aromatic heterocycles. The molecule has 26 heavy (non-hydrogen) atoms. The Bertz CT molecular complexity index is 803. The number of hydrogen-bond donors (Lipinski definition) is 2. The van der Waals surface area contributed by atoms with E-state index in [9.17, 15) is 14.7 Å². The van der Waals surface area contributed by atoms with Gasteiger partial charge in [-0.05, 0) is 18.6 Å². The number of pyridine rings is 1. The smallest absolute Gasteiger partial charge is 0.252 e. The fourth-order valence-corrected chi connectivity index (χ4v) is 3.18. The highest BCUT2D eigenvalue weighted by atomic mass is 16.3. The van der Waals surface area contributed by atoms with E-state index in [0.29, 0.717) is 25.1 Å². The number of carbonyl (C=O) groups excluding carboxylic acids is 2. The van der Waals surface area contributed by atoms with E-state index in [1.165, 1.54) is 4.90 Å². The minimum absolute atomic E-state index is 0.00272. The minimum Gasteiger partial charge on any atom is -0.390 e. The maximum atomic E-state index is 12.7. The molecule has 0 spiro atoms. The number of para-hydroxylation sites is 1. The van der Waals surface area contributed by atoms with Gasteiger partial charge in [-0.2, -0.15) is 0 Å². The first-order valence-electron chi connectivity index (χ1n) is 8.71. The molecule has 1 aliphatic rings. The molecule has 0 bridgehead atoms. The van der Waals surface area contributed by atoms with E-state index in [4.69, 9.17) is 0 Å². The first kappa shape index (κ1) is 18.3. The average Bonchev–Trinajstić information content (AvgIpc) is 2.63. The summed E-state index contributed by atoms with van der Waals surface area (Å²) in [6, 6.07) is 8.83. The number of likely N-dealkylation sites (tertiary alicyclic amines) is 1. The number of aromatic nitrogens is 1. The Labute approximate surface area is 152 Å². The van der Waals surface area contributed by atoms with Crippen molar-refractivity contribution in [3.05, 3.63) is 42.1 Å². The number of nitrogens with zero attached hydrogens (tertiary/aromatic N) is 3. The summed E-state index contributed by atoms with van der Waals surface area (Å²) in [6.45, 7) is 1.29. The third-order valence-electron chi connectivity index (χ3n) is 4.73. The number of hydrogen-bond acceptors (Lipinski definition) is 5. The molecule has 2 amide bonds. The summed E-state index contributed by atoms with van der Waals surface area (Å²) in [5, 5.41) is 14.1. The zero-order valence-electron chi connectivity index (χ0n) is 15.1. The van der Waals surface area contributed by atoms with Gasteiger partial charge in [0.25, 0.3) is 5.91 Å². The number of likely N-dealkylation sites (N-methyl/N-ethyl adjacent to an activating group) is 1. The lowest BCUT2D eigenvalue weighted by Gasteiger charge is -2.36. The highest BCUT2D eigenvalue weighted by Crippen LogP contribution is 2.18. The predicted molar refractivity (Wildman–Crippen MR) is 98.8 cm³/mol. The summed E-state index contributed by atoms with van der Waals surface area (Å²) < 4.78 is 0. The van der Waals surface area contributed by atoms with E-state index in [2.05, 4.69) is 10.3 Å². The number of piperidine rings is 1. The predicted octanol–water partition coefficient (Wildman–Crippen LogP) is 0.488. The Hall–Kier alpha value is -2.51. The largest absolute Gasteiger partial charge is 0.390 e. The Balaban J connectivity index is 1.64. The average molecular weight is 356 g/mol. The van der Waals surface area contributed by atoms with E-state index in [1.54, 1.807) is 26.4 Å². The number of fused-ring (bicyclic) bond motifs is 1. The van der Waals surface area contributed by atoms with Crippen LogP contribution in [-0.4, -0.2) is 77.6 Å². The van der Waals surface area contributed by atoms with E-state index < -0.39 is 6.10 Å². The molecule has 0 aliphatic carbocycles. The van der Waals surface area contributed by atoms with Crippen LogP contribution in [0, 0.1) is 0 Å². The van der Waals surface area contributed by atoms with E-state index in [-0.39, 0.29) is 24.4 Å². The zero-order chi connectivity index (χ0) is 18.7. The van der Waals surface area contributed by atoms with Gasteiger partial charge in [0.05, 0.1) is 29.8 Å². The van der Waals surface area contributed by atoms with Gasteiger partial charge in [0.2, 0.25) is 5.91 Å². The van der Waals surface area contributed by atoms with Gasteiger partial charge in [-0.25, -0.2) is 0 Å². The standard InChI is InChI=1S/C19H24N4O3/c1-22(2)18(25)12-23-10-8-16(17(24)11-23)21-19(26)14-7-9-20-15-6-4-3-5-13(14)15/h3-7,9,16-17,24H,8,10-12H2,1-2H3,(H,21,26)/t16-,17-/m1/s1. The second kappa shape index (κ2) is 7.80. The summed E-state index contributed by atoms with van der Waals surface area (Å²) in [6.07, 6.45) is 1.50. The lowest BCUT2D eigenvalue weighted by molar-refractivity contribution is -0.130. The van der Waals surface area contributed by atoms with Crippen LogP contribution in [0.1, 0.15) is 16.8 Å². The fourth-order valence-electron chi connectivity index (χ4n) is 3.18. The molecule has 1 aromatic carbocycles. The van der Waals surface area contributed by atoms with Crippen LogP contribution in [0.3, 0.4) is 0 Å². The van der Waals surface area contributed by atoms with Crippen molar-refractivity contribution in [1.29, 1.82) is 0 Å². The Kier molecular flexibility index (Phi) is 5.49. The lowest BCUT2D eigenvalue weighted by Crippen LogP contribution is -2.55. The van der Waals surface area contributed by atoms with Gasteiger partial charge < -0.3 is 15.3 Å². The van der Waals surface area contributed by atoms with Gasteiger partial charge >= 0.3 is 0 Å². The molecule has 2 aromatic rings. The van der Waals surface area contributed by atoms with Gasteiger partial charge in [0.15, 0.2) is 0 Å². The molecule has 3 rings (SSSR count). The molecule has 7 heteroatoms. The normalized spacial score (nSPS) is 20.7. The molecule has 1 aliphatic heterocycles. The van der Waals surface area contributed by atoms with Gasteiger partial charge in [-0.15, -0.1) is 0 Å². The summed E-state index contributed by atoms with van der Waals surface area (Å²) in [5.41, 5.74) is 1.31. The Morgan fingerprint density at radius 1 is 1.31 bits per heavy atom. The Morgan fingerprint density at radius 2 is 2.08 bits per heavy atom. The van der Waals surface area contributed by atoms with Crippen LogP contribution in [0.15, 0.2) is 36.5 Å². The molecular formula is C19H24N4O3. The van der Waals surface area contributed by atoms with Crippen LogP contribution in [0.4, 0.5) is 0 Å². The molecule has 7 nitrogen and oxygen atoms in total. The number of carbonyl (C=O) groups is 2. The number of amides is 2. The molecule has 138 valence electrons. The molecule has 2 N–H and O–H groups in total. The van der Waals surface area contributed by atoms with Crippen molar-refractivity contribution in [2.24, 2.45) is 0 Å². The zero-order valence-corrected chi connectivity index (χ0v) is 15.1. The van der Waals surface area contributed by atoms with Crippen molar-refractivity contribution in [2.75, 3.05) is 33.7 Å². The molecule has 0 saturated carbocycles. The number of nitrogens with one attached hydrogen (secondary N) is 1.